The van der Waals surface area contributed by atoms with E-state index in [1.54, 1.807) is 19.0 Å². The molecule has 1 aliphatic carbocycles. The number of benzene rings is 3. The van der Waals surface area contributed by atoms with Gasteiger partial charge in [-0.15, -0.1) is 0 Å². The molecule has 3 aromatic rings. The van der Waals surface area contributed by atoms with Crippen molar-refractivity contribution in [1.29, 1.82) is 5.41 Å². The summed E-state index contributed by atoms with van der Waals surface area (Å²) in [6, 6.07) is 17.5. The van der Waals surface area contributed by atoms with E-state index in [1.807, 2.05) is 54.6 Å². The molecule has 0 aromatic heterocycles. The largest absolute Gasteiger partial charge is 0.384 e. The lowest BCUT2D eigenvalue weighted by Crippen LogP contribution is -2.49. The number of hydrogen-bond donors (Lipinski definition) is 4. The van der Waals surface area contributed by atoms with Gasteiger partial charge in [0.1, 0.15) is 11.9 Å². The highest BCUT2D eigenvalue weighted by molar-refractivity contribution is 6.07. The molecule has 0 radical (unpaired) electrons. The molecular formula is C30H36N6O2. The van der Waals surface area contributed by atoms with Crippen molar-refractivity contribution < 1.29 is 9.59 Å². The van der Waals surface area contributed by atoms with Crippen molar-refractivity contribution in [3.8, 4) is 0 Å². The predicted octanol–water partition coefficient (Wildman–Crippen LogP) is 3.14. The van der Waals surface area contributed by atoms with E-state index in [-0.39, 0.29) is 35.8 Å². The Balaban J connectivity index is 1.51. The van der Waals surface area contributed by atoms with Crippen LogP contribution < -0.4 is 21.7 Å². The second-order valence-electron chi connectivity index (χ2n) is 10.7. The molecule has 1 atom stereocenters. The Bertz CT molecular complexity index is 1390. The zero-order valence-corrected chi connectivity index (χ0v) is 22.0. The van der Waals surface area contributed by atoms with Crippen LogP contribution in [0.25, 0.3) is 10.8 Å². The fourth-order valence-corrected chi connectivity index (χ4v) is 5.76. The molecule has 8 nitrogen and oxygen atoms in total. The molecule has 38 heavy (non-hydrogen) atoms. The summed E-state index contributed by atoms with van der Waals surface area (Å²) in [5.74, 6) is -0.0409. The highest BCUT2D eigenvalue weighted by atomic mass is 16.2. The van der Waals surface area contributed by atoms with Crippen LogP contribution in [0.4, 0.5) is 5.69 Å². The molecular weight excluding hydrogens is 476 g/mol. The standard InChI is InChI=1S/C30H36N6O2/c1-35(2)30(38)25-14-9-20(23-5-3-4-6-24(23)25)17-36-26-16-19(28(32)33)8-7-18(26)15-27(36)29(37)34-22-12-10-21(31)11-13-22/h3-9,14,16,21-22,27H,10-13,15,17,31H2,1-2H3,(H3,32,33)(H,34,37)/t21-,22-,27?. The monoisotopic (exact) mass is 512 g/mol. The number of hydrogen-bond acceptors (Lipinski definition) is 5. The second kappa shape index (κ2) is 10.5. The fourth-order valence-electron chi connectivity index (χ4n) is 5.76. The Morgan fingerprint density at radius 1 is 1.03 bits per heavy atom. The van der Waals surface area contributed by atoms with Gasteiger partial charge in [0.25, 0.3) is 5.91 Å². The Morgan fingerprint density at radius 3 is 2.42 bits per heavy atom. The van der Waals surface area contributed by atoms with E-state index in [0.717, 1.165) is 53.3 Å². The normalized spacial score (nSPS) is 20.7. The molecule has 0 spiro atoms. The zero-order valence-electron chi connectivity index (χ0n) is 22.0. The minimum atomic E-state index is -0.385. The highest BCUT2D eigenvalue weighted by Crippen LogP contribution is 2.36. The zero-order chi connectivity index (χ0) is 27.0. The first-order valence-electron chi connectivity index (χ1n) is 13.2. The van der Waals surface area contributed by atoms with E-state index in [4.69, 9.17) is 16.9 Å². The molecule has 1 fully saturated rings. The number of nitrogens with zero attached hydrogens (tertiary/aromatic N) is 2. The Kier molecular flexibility index (Phi) is 7.08. The van der Waals surface area contributed by atoms with Gasteiger partial charge in [0.2, 0.25) is 5.91 Å². The highest BCUT2D eigenvalue weighted by Gasteiger charge is 2.36. The first-order valence-corrected chi connectivity index (χ1v) is 13.2. The van der Waals surface area contributed by atoms with Crippen LogP contribution in [0.15, 0.2) is 54.6 Å². The maximum Gasteiger partial charge on any atom is 0.253 e. The van der Waals surface area contributed by atoms with Crippen LogP contribution in [-0.4, -0.2) is 54.8 Å². The summed E-state index contributed by atoms with van der Waals surface area (Å²) in [5, 5.41) is 13.1. The number of amides is 2. The maximum absolute atomic E-state index is 13.7. The molecule has 8 heteroatoms. The number of amidine groups is 1. The molecule has 1 heterocycles. The molecule has 0 bridgehead atoms. The van der Waals surface area contributed by atoms with Gasteiger partial charge in [-0.2, -0.15) is 0 Å². The maximum atomic E-state index is 13.7. The van der Waals surface area contributed by atoms with E-state index in [2.05, 4.69) is 10.2 Å². The summed E-state index contributed by atoms with van der Waals surface area (Å²) in [5.41, 5.74) is 16.2. The van der Waals surface area contributed by atoms with Gasteiger partial charge in [0.05, 0.1) is 0 Å². The van der Waals surface area contributed by atoms with Crippen LogP contribution in [0.2, 0.25) is 0 Å². The van der Waals surface area contributed by atoms with Gasteiger partial charge in [-0.3, -0.25) is 15.0 Å². The molecule has 2 amide bonds. The summed E-state index contributed by atoms with van der Waals surface area (Å²) < 4.78 is 0. The summed E-state index contributed by atoms with van der Waals surface area (Å²) >= 11 is 0. The number of nitrogen functional groups attached to an aromatic ring is 1. The fraction of sp³-hybridized carbons (Fsp3) is 0.367. The Labute approximate surface area is 223 Å². The number of rotatable bonds is 6. The number of fused-ring (bicyclic) bond motifs is 2. The van der Waals surface area contributed by atoms with Gasteiger partial charge >= 0.3 is 0 Å². The smallest absolute Gasteiger partial charge is 0.253 e. The van der Waals surface area contributed by atoms with Gasteiger partial charge in [0.15, 0.2) is 0 Å². The van der Waals surface area contributed by atoms with Crippen LogP contribution in [-0.2, 0) is 17.8 Å². The molecule has 6 N–H and O–H groups in total. The van der Waals surface area contributed by atoms with E-state index in [9.17, 15) is 9.59 Å². The topological polar surface area (TPSA) is 129 Å². The van der Waals surface area contributed by atoms with Crippen molar-refractivity contribution in [3.05, 3.63) is 76.9 Å². The summed E-state index contributed by atoms with van der Waals surface area (Å²) in [6.07, 6.45) is 4.22. The lowest BCUT2D eigenvalue weighted by Gasteiger charge is -2.31. The van der Waals surface area contributed by atoms with Crippen molar-refractivity contribution in [3.63, 3.8) is 0 Å². The first kappa shape index (κ1) is 25.7. The third-order valence-electron chi connectivity index (χ3n) is 7.91. The van der Waals surface area contributed by atoms with Crippen LogP contribution in [0.1, 0.15) is 52.7 Å². The Morgan fingerprint density at radius 2 is 1.74 bits per heavy atom. The van der Waals surface area contributed by atoms with E-state index in [0.29, 0.717) is 24.1 Å². The van der Waals surface area contributed by atoms with Crippen LogP contribution >= 0.6 is 0 Å². The molecule has 3 aromatic carbocycles. The average molecular weight is 513 g/mol. The SMILES string of the molecule is CN(C)C(=O)c1ccc(CN2c3cc(C(=N)N)ccc3CC2C(=O)N[C@H]2CC[C@H](N)CC2)c2ccccc12. The van der Waals surface area contributed by atoms with Gasteiger partial charge in [0, 0.05) is 56.0 Å². The Hall–Kier alpha value is -3.91. The van der Waals surface area contributed by atoms with Gasteiger partial charge in [-0.05, 0) is 59.7 Å². The molecule has 198 valence electrons. The minimum Gasteiger partial charge on any atom is -0.384 e. The van der Waals surface area contributed by atoms with E-state index in [1.165, 1.54) is 0 Å². The summed E-state index contributed by atoms with van der Waals surface area (Å²) in [6.45, 7) is 0.485. The second-order valence-corrected chi connectivity index (χ2v) is 10.7. The summed E-state index contributed by atoms with van der Waals surface area (Å²) in [4.78, 5) is 30.2. The van der Waals surface area contributed by atoms with Crippen molar-refractivity contribution in [2.45, 2.75) is 56.8 Å². The third kappa shape index (κ3) is 4.96. The van der Waals surface area contributed by atoms with Crippen LogP contribution in [0.3, 0.4) is 0 Å². The van der Waals surface area contributed by atoms with Gasteiger partial charge in [-0.25, -0.2) is 0 Å². The van der Waals surface area contributed by atoms with Crippen molar-refractivity contribution in [2.75, 3.05) is 19.0 Å². The van der Waals surface area contributed by atoms with Crippen LogP contribution in [0.5, 0.6) is 0 Å². The minimum absolute atomic E-state index is 0.00352. The summed E-state index contributed by atoms with van der Waals surface area (Å²) in [7, 11) is 3.50. The third-order valence-corrected chi connectivity index (χ3v) is 7.91. The number of anilines is 1. The molecule has 5 rings (SSSR count). The molecule has 2 aliphatic rings. The molecule has 1 unspecified atom stereocenters. The molecule has 1 aliphatic heterocycles. The van der Waals surface area contributed by atoms with Crippen molar-refractivity contribution in [2.24, 2.45) is 11.5 Å². The van der Waals surface area contributed by atoms with Crippen molar-refractivity contribution in [1.82, 2.24) is 10.2 Å². The average Bonchev–Trinajstić information content (AvgIpc) is 3.27. The van der Waals surface area contributed by atoms with Crippen molar-refractivity contribution >= 4 is 34.1 Å². The first-order chi connectivity index (χ1) is 18.2. The van der Waals surface area contributed by atoms with E-state index < -0.39 is 0 Å². The number of carbonyl (C=O) groups is 2. The predicted molar refractivity (Wildman–Crippen MR) is 151 cm³/mol. The number of carbonyl (C=O) groups excluding carboxylic acids is 2. The van der Waals surface area contributed by atoms with Gasteiger partial charge in [-0.1, -0.05) is 42.5 Å². The quantitative estimate of drug-likeness (QED) is 0.298. The van der Waals surface area contributed by atoms with Gasteiger partial charge < -0.3 is 26.6 Å². The lowest BCUT2D eigenvalue weighted by molar-refractivity contribution is -0.123. The molecule has 1 saturated carbocycles. The molecule has 0 saturated heterocycles. The number of nitrogens with one attached hydrogen (secondary N) is 2. The van der Waals surface area contributed by atoms with E-state index >= 15 is 0 Å². The number of nitrogens with two attached hydrogens (primary N) is 2. The van der Waals surface area contributed by atoms with Crippen LogP contribution in [0, 0.1) is 5.41 Å². The lowest BCUT2D eigenvalue weighted by atomic mass is 9.91.